The highest BCUT2D eigenvalue weighted by Gasteiger charge is 2.35. The standard InChI is InChI=1S/C12H13BrN4O3/c1-17-6-5-7(12(17)20)10(18)15-16-11(19)8-3-2-4-9(13)14-8/h2-4,7H,5-6H2,1H3,(H,15,18)(H,16,19). The fourth-order valence-corrected chi connectivity index (χ4v) is 2.21. The van der Waals surface area contributed by atoms with Crippen LogP contribution >= 0.6 is 15.9 Å². The van der Waals surface area contributed by atoms with E-state index in [1.165, 1.54) is 11.0 Å². The summed E-state index contributed by atoms with van der Waals surface area (Å²) < 4.78 is 0.518. The SMILES string of the molecule is CN1CCC(C(=O)NNC(=O)c2cccc(Br)n2)C1=O. The molecule has 1 unspecified atom stereocenters. The van der Waals surface area contributed by atoms with E-state index >= 15 is 0 Å². The first kappa shape index (κ1) is 14.4. The van der Waals surface area contributed by atoms with Crippen LogP contribution in [-0.2, 0) is 9.59 Å². The number of amides is 3. The van der Waals surface area contributed by atoms with Gasteiger partial charge in [-0.05, 0) is 34.5 Å². The molecule has 1 fully saturated rings. The molecule has 106 valence electrons. The summed E-state index contributed by atoms with van der Waals surface area (Å²) in [5.74, 6) is -2.03. The second-order valence-corrected chi connectivity index (χ2v) is 5.20. The van der Waals surface area contributed by atoms with Crippen LogP contribution < -0.4 is 10.9 Å². The summed E-state index contributed by atoms with van der Waals surface area (Å²) in [5, 5.41) is 0. The van der Waals surface area contributed by atoms with Crippen LogP contribution in [0.5, 0.6) is 0 Å². The maximum absolute atomic E-state index is 11.8. The second kappa shape index (κ2) is 6.00. The summed E-state index contributed by atoms with van der Waals surface area (Å²) in [6.07, 6.45) is 0.451. The first-order chi connectivity index (χ1) is 9.49. The lowest BCUT2D eigenvalue weighted by Gasteiger charge is -2.11. The molecule has 0 spiro atoms. The Morgan fingerprint density at radius 3 is 2.75 bits per heavy atom. The Bertz CT molecular complexity index is 563. The number of halogens is 1. The van der Waals surface area contributed by atoms with E-state index in [2.05, 4.69) is 31.8 Å². The van der Waals surface area contributed by atoms with E-state index in [0.717, 1.165) is 0 Å². The average molecular weight is 341 g/mol. The number of carbonyl (C=O) groups excluding carboxylic acids is 3. The maximum Gasteiger partial charge on any atom is 0.288 e. The third-order valence-corrected chi connectivity index (χ3v) is 3.43. The number of hydrazine groups is 1. The molecule has 20 heavy (non-hydrogen) atoms. The van der Waals surface area contributed by atoms with Crippen molar-refractivity contribution in [2.24, 2.45) is 5.92 Å². The highest BCUT2D eigenvalue weighted by Crippen LogP contribution is 2.15. The molecule has 0 bridgehead atoms. The van der Waals surface area contributed by atoms with Crippen molar-refractivity contribution in [3.63, 3.8) is 0 Å². The maximum atomic E-state index is 11.8. The largest absolute Gasteiger partial charge is 0.345 e. The van der Waals surface area contributed by atoms with Gasteiger partial charge in [-0.1, -0.05) is 6.07 Å². The lowest BCUT2D eigenvalue weighted by Crippen LogP contribution is -2.46. The molecule has 1 aliphatic rings. The fraction of sp³-hybridized carbons (Fsp3) is 0.333. The molecule has 1 atom stereocenters. The molecule has 3 amide bonds. The molecule has 0 radical (unpaired) electrons. The molecule has 7 nitrogen and oxygen atoms in total. The highest BCUT2D eigenvalue weighted by atomic mass is 79.9. The molecular formula is C12H13BrN4O3. The second-order valence-electron chi connectivity index (χ2n) is 4.39. The van der Waals surface area contributed by atoms with Gasteiger partial charge in [0.25, 0.3) is 11.8 Å². The van der Waals surface area contributed by atoms with Crippen molar-refractivity contribution < 1.29 is 14.4 Å². The van der Waals surface area contributed by atoms with Crippen molar-refractivity contribution in [1.82, 2.24) is 20.7 Å². The van der Waals surface area contributed by atoms with Gasteiger partial charge >= 0.3 is 0 Å². The van der Waals surface area contributed by atoms with Crippen LogP contribution in [0, 0.1) is 5.92 Å². The zero-order valence-electron chi connectivity index (χ0n) is 10.7. The quantitative estimate of drug-likeness (QED) is 0.453. The Morgan fingerprint density at radius 1 is 1.40 bits per heavy atom. The zero-order chi connectivity index (χ0) is 14.7. The van der Waals surface area contributed by atoms with Crippen molar-refractivity contribution >= 4 is 33.7 Å². The van der Waals surface area contributed by atoms with Gasteiger partial charge in [0.2, 0.25) is 5.91 Å². The number of aromatic nitrogens is 1. The van der Waals surface area contributed by atoms with E-state index < -0.39 is 17.7 Å². The smallest absolute Gasteiger partial charge is 0.288 e. The minimum absolute atomic E-state index is 0.162. The first-order valence-electron chi connectivity index (χ1n) is 5.97. The molecule has 0 aliphatic carbocycles. The molecule has 0 aromatic carbocycles. The Morgan fingerprint density at radius 2 is 2.15 bits per heavy atom. The molecule has 1 aromatic heterocycles. The van der Waals surface area contributed by atoms with Crippen molar-refractivity contribution in [1.29, 1.82) is 0 Å². The Labute approximate surface area is 123 Å². The van der Waals surface area contributed by atoms with Gasteiger partial charge in [0.15, 0.2) is 0 Å². The number of pyridine rings is 1. The lowest BCUT2D eigenvalue weighted by atomic mass is 10.1. The van der Waals surface area contributed by atoms with E-state index in [0.29, 0.717) is 17.6 Å². The molecule has 1 aliphatic heterocycles. The van der Waals surface area contributed by atoms with Crippen molar-refractivity contribution in [3.05, 3.63) is 28.5 Å². The number of hydrogen-bond donors (Lipinski definition) is 2. The number of hydrogen-bond acceptors (Lipinski definition) is 4. The zero-order valence-corrected chi connectivity index (χ0v) is 12.3. The Balaban J connectivity index is 1.91. The van der Waals surface area contributed by atoms with E-state index in [1.54, 1.807) is 19.2 Å². The van der Waals surface area contributed by atoms with E-state index in [9.17, 15) is 14.4 Å². The molecule has 2 rings (SSSR count). The number of rotatable bonds is 2. The number of nitrogens with zero attached hydrogens (tertiary/aromatic N) is 2. The average Bonchev–Trinajstić information content (AvgIpc) is 2.76. The third-order valence-electron chi connectivity index (χ3n) is 2.99. The summed E-state index contributed by atoms with van der Waals surface area (Å²) >= 11 is 3.15. The molecule has 2 heterocycles. The van der Waals surface area contributed by atoms with Crippen molar-refractivity contribution in [2.75, 3.05) is 13.6 Å². The molecule has 2 N–H and O–H groups in total. The summed E-state index contributed by atoms with van der Waals surface area (Å²) in [6.45, 7) is 0.540. The van der Waals surface area contributed by atoms with E-state index in [-0.39, 0.29) is 11.6 Å². The molecule has 1 aromatic rings. The number of likely N-dealkylation sites (tertiary alicyclic amines) is 1. The minimum atomic E-state index is -0.740. The van der Waals surface area contributed by atoms with Gasteiger partial charge < -0.3 is 4.90 Å². The molecular weight excluding hydrogens is 328 g/mol. The van der Waals surface area contributed by atoms with Crippen LogP contribution in [0.2, 0.25) is 0 Å². The monoisotopic (exact) mass is 340 g/mol. The Kier molecular flexibility index (Phi) is 4.33. The Hall–Kier alpha value is -1.96. The third kappa shape index (κ3) is 3.13. The van der Waals surface area contributed by atoms with Crippen LogP contribution in [0.15, 0.2) is 22.8 Å². The van der Waals surface area contributed by atoms with Gasteiger partial charge in [0.1, 0.15) is 16.2 Å². The van der Waals surface area contributed by atoms with Gasteiger partial charge in [0, 0.05) is 13.6 Å². The van der Waals surface area contributed by atoms with Crippen LogP contribution in [-0.4, -0.2) is 41.2 Å². The first-order valence-corrected chi connectivity index (χ1v) is 6.76. The van der Waals surface area contributed by atoms with Crippen LogP contribution in [0.1, 0.15) is 16.9 Å². The predicted molar refractivity (Wildman–Crippen MR) is 73.3 cm³/mol. The van der Waals surface area contributed by atoms with Gasteiger partial charge in [0.05, 0.1) is 0 Å². The topological polar surface area (TPSA) is 91.4 Å². The van der Waals surface area contributed by atoms with Gasteiger partial charge in [-0.25, -0.2) is 4.98 Å². The van der Waals surface area contributed by atoms with E-state index in [1.807, 2.05) is 0 Å². The minimum Gasteiger partial charge on any atom is -0.345 e. The number of carbonyl (C=O) groups is 3. The van der Waals surface area contributed by atoms with Crippen molar-refractivity contribution in [3.8, 4) is 0 Å². The summed E-state index contributed by atoms with van der Waals surface area (Å²) in [7, 11) is 1.64. The van der Waals surface area contributed by atoms with Crippen molar-refractivity contribution in [2.45, 2.75) is 6.42 Å². The normalized spacial score (nSPS) is 18.0. The van der Waals surface area contributed by atoms with Gasteiger partial charge in [-0.3, -0.25) is 25.2 Å². The van der Waals surface area contributed by atoms with Crippen LogP contribution in [0.4, 0.5) is 0 Å². The molecule has 0 saturated carbocycles. The van der Waals surface area contributed by atoms with E-state index in [4.69, 9.17) is 0 Å². The predicted octanol–water partition coefficient (Wildman–Crippen LogP) is 0.0834. The summed E-state index contributed by atoms with van der Waals surface area (Å²) in [6, 6.07) is 4.85. The number of nitrogens with one attached hydrogen (secondary N) is 2. The summed E-state index contributed by atoms with van der Waals surface area (Å²) in [4.78, 5) is 40.6. The van der Waals surface area contributed by atoms with Gasteiger partial charge in [-0.15, -0.1) is 0 Å². The highest BCUT2D eigenvalue weighted by molar-refractivity contribution is 9.10. The summed E-state index contributed by atoms with van der Waals surface area (Å²) in [5.41, 5.74) is 4.66. The lowest BCUT2D eigenvalue weighted by molar-refractivity contribution is -0.137. The molecule has 1 saturated heterocycles. The van der Waals surface area contributed by atoms with Gasteiger partial charge in [-0.2, -0.15) is 0 Å². The fourth-order valence-electron chi connectivity index (χ4n) is 1.87. The molecule has 8 heteroatoms. The van der Waals surface area contributed by atoms with Crippen LogP contribution in [0.25, 0.3) is 0 Å². The van der Waals surface area contributed by atoms with Crippen LogP contribution in [0.3, 0.4) is 0 Å².